The maximum atomic E-state index is 13.2. The topological polar surface area (TPSA) is 121 Å². The standard InChI is InChI=1S/C20H14F3N7O3S/c1-28-11-24-27-19(28)34-17-6-3-12(9-16(17)30(32)33)18(31)26-14-10-13(20(21,22)23)4-5-15(14)29-8-2-7-25-29/h2-11H,1H3,(H,26,31). The molecule has 1 N–H and O–H groups in total. The van der Waals surface area contributed by atoms with Gasteiger partial charge in [-0.15, -0.1) is 10.2 Å². The van der Waals surface area contributed by atoms with E-state index in [9.17, 15) is 28.1 Å². The van der Waals surface area contributed by atoms with Gasteiger partial charge in [-0.05, 0) is 48.2 Å². The highest BCUT2D eigenvalue weighted by molar-refractivity contribution is 7.99. The van der Waals surface area contributed by atoms with Crippen LogP contribution in [0.5, 0.6) is 0 Å². The van der Waals surface area contributed by atoms with Crippen LogP contribution in [0, 0.1) is 10.1 Å². The second kappa shape index (κ2) is 8.97. The Labute approximate surface area is 193 Å². The van der Waals surface area contributed by atoms with Gasteiger partial charge in [-0.25, -0.2) is 4.68 Å². The van der Waals surface area contributed by atoms with Crippen LogP contribution >= 0.6 is 11.8 Å². The molecule has 0 saturated heterocycles. The molecule has 4 rings (SSSR count). The lowest BCUT2D eigenvalue weighted by Gasteiger charge is -2.15. The van der Waals surface area contributed by atoms with E-state index in [4.69, 9.17) is 0 Å². The maximum absolute atomic E-state index is 13.2. The Morgan fingerprint density at radius 3 is 2.62 bits per heavy atom. The quantitative estimate of drug-likeness (QED) is 0.316. The van der Waals surface area contributed by atoms with Crippen LogP contribution < -0.4 is 5.32 Å². The van der Waals surface area contributed by atoms with Gasteiger partial charge in [-0.1, -0.05) is 0 Å². The monoisotopic (exact) mass is 489 g/mol. The number of benzene rings is 2. The summed E-state index contributed by atoms with van der Waals surface area (Å²) in [5, 5.41) is 26.0. The number of aryl methyl sites for hydroxylation is 1. The summed E-state index contributed by atoms with van der Waals surface area (Å²) in [7, 11) is 1.67. The van der Waals surface area contributed by atoms with Gasteiger partial charge >= 0.3 is 6.18 Å². The molecule has 34 heavy (non-hydrogen) atoms. The molecule has 2 aromatic carbocycles. The van der Waals surface area contributed by atoms with Gasteiger partial charge < -0.3 is 9.88 Å². The average molecular weight is 489 g/mol. The molecule has 0 radical (unpaired) electrons. The summed E-state index contributed by atoms with van der Waals surface area (Å²) in [4.78, 5) is 24.0. The zero-order valence-electron chi connectivity index (χ0n) is 17.2. The maximum Gasteiger partial charge on any atom is 0.416 e. The van der Waals surface area contributed by atoms with Crippen LogP contribution in [0.4, 0.5) is 24.5 Å². The van der Waals surface area contributed by atoms with Crippen molar-refractivity contribution in [3.8, 4) is 5.69 Å². The average Bonchev–Trinajstić information content (AvgIpc) is 3.45. The summed E-state index contributed by atoms with van der Waals surface area (Å²) in [5.74, 6) is -0.828. The highest BCUT2D eigenvalue weighted by Gasteiger charge is 2.31. The number of rotatable bonds is 6. The molecule has 0 aliphatic carbocycles. The Morgan fingerprint density at radius 1 is 1.21 bits per heavy atom. The number of amides is 1. The largest absolute Gasteiger partial charge is 0.416 e. The molecular formula is C20H14F3N7O3S. The number of anilines is 1. The van der Waals surface area contributed by atoms with Crippen LogP contribution in [-0.2, 0) is 13.2 Å². The number of halogens is 3. The van der Waals surface area contributed by atoms with Gasteiger partial charge in [0.25, 0.3) is 11.6 Å². The lowest BCUT2D eigenvalue weighted by atomic mass is 10.1. The van der Waals surface area contributed by atoms with Crippen molar-refractivity contribution in [1.82, 2.24) is 24.5 Å². The number of nitrogens with one attached hydrogen (secondary N) is 1. The Kier molecular flexibility index (Phi) is 6.06. The van der Waals surface area contributed by atoms with Gasteiger partial charge in [-0.3, -0.25) is 14.9 Å². The predicted molar refractivity (Wildman–Crippen MR) is 115 cm³/mol. The van der Waals surface area contributed by atoms with E-state index in [1.54, 1.807) is 17.7 Å². The first-order valence-electron chi connectivity index (χ1n) is 9.46. The van der Waals surface area contributed by atoms with E-state index in [1.807, 2.05) is 0 Å². The Hall–Kier alpha value is -4.20. The second-order valence-corrected chi connectivity index (χ2v) is 7.91. The van der Waals surface area contributed by atoms with Gasteiger partial charge in [0, 0.05) is 31.1 Å². The zero-order chi connectivity index (χ0) is 24.5. The molecule has 0 saturated carbocycles. The molecule has 174 valence electrons. The zero-order valence-corrected chi connectivity index (χ0v) is 18.0. The molecule has 0 aliphatic heterocycles. The van der Waals surface area contributed by atoms with E-state index >= 15 is 0 Å². The fourth-order valence-corrected chi connectivity index (χ4v) is 3.82. The van der Waals surface area contributed by atoms with Crippen LogP contribution in [0.2, 0.25) is 0 Å². The molecule has 4 aromatic rings. The Balaban J connectivity index is 1.68. The van der Waals surface area contributed by atoms with Crippen LogP contribution in [0.3, 0.4) is 0 Å². The molecule has 14 heteroatoms. The lowest BCUT2D eigenvalue weighted by Crippen LogP contribution is -2.16. The highest BCUT2D eigenvalue weighted by Crippen LogP contribution is 2.35. The minimum Gasteiger partial charge on any atom is -0.320 e. The van der Waals surface area contributed by atoms with Crippen LogP contribution in [-0.4, -0.2) is 35.4 Å². The van der Waals surface area contributed by atoms with Crippen molar-refractivity contribution in [2.45, 2.75) is 16.2 Å². The van der Waals surface area contributed by atoms with E-state index in [-0.39, 0.29) is 27.5 Å². The summed E-state index contributed by atoms with van der Waals surface area (Å²) in [6.07, 6.45) is -0.274. The number of nitrogens with zero attached hydrogens (tertiary/aromatic N) is 6. The van der Waals surface area contributed by atoms with Crippen molar-refractivity contribution in [1.29, 1.82) is 0 Å². The third kappa shape index (κ3) is 4.76. The number of carbonyl (C=O) groups is 1. The van der Waals surface area contributed by atoms with Gasteiger partial charge in [0.2, 0.25) is 0 Å². The van der Waals surface area contributed by atoms with Crippen molar-refractivity contribution in [3.05, 3.63) is 82.4 Å². The summed E-state index contributed by atoms with van der Waals surface area (Å²) in [5.41, 5.74) is -1.42. The molecule has 2 aromatic heterocycles. The first kappa shape index (κ1) is 23.0. The predicted octanol–water partition coefficient (Wildman–Crippen LogP) is 4.33. The van der Waals surface area contributed by atoms with E-state index in [0.717, 1.165) is 30.0 Å². The molecule has 0 spiro atoms. The van der Waals surface area contributed by atoms with Crippen LogP contribution in [0.1, 0.15) is 15.9 Å². The number of alkyl halides is 3. The number of nitro groups is 1. The van der Waals surface area contributed by atoms with Gasteiger partial charge in [0.1, 0.15) is 6.33 Å². The van der Waals surface area contributed by atoms with Crippen molar-refractivity contribution in [3.63, 3.8) is 0 Å². The second-order valence-electron chi connectivity index (χ2n) is 6.90. The molecule has 0 bridgehead atoms. The minimum atomic E-state index is -4.64. The first-order chi connectivity index (χ1) is 16.1. The number of hydrogen-bond acceptors (Lipinski definition) is 7. The van der Waals surface area contributed by atoms with Crippen molar-refractivity contribution >= 4 is 29.0 Å². The third-order valence-corrected chi connectivity index (χ3v) is 5.73. The Bertz CT molecular complexity index is 1370. The fraction of sp³-hybridized carbons (Fsp3) is 0.100. The van der Waals surface area contributed by atoms with Gasteiger partial charge in [0.05, 0.1) is 26.8 Å². The number of hydrogen-bond donors (Lipinski definition) is 1. The molecule has 0 aliphatic rings. The SMILES string of the molecule is Cn1cnnc1Sc1ccc(C(=O)Nc2cc(C(F)(F)F)ccc2-n2cccn2)cc1[N+](=O)[O-]. The van der Waals surface area contributed by atoms with E-state index < -0.39 is 22.6 Å². The van der Waals surface area contributed by atoms with Crippen LogP contribution in [0.15, 0.2) is 71.2 Å². The third-order valence-electron chi connectivity index (χ3n) is 4.61. The summed E-state index contributed by atoms with van der Waals surface area (Å²) in [6.45, 7) is 0. The summed E-state index contributed by atoms with van der Waals surface area (Å²) >= 11 is 0.985. The van der Waals surface area contributed by atoms with E-state index in [2.05, 4.69) is 20.6 Å². The fourth-order valence-electron chi connectivity index (χ4n) is 2.97. The van der Waals surface area contributed by atoms with Gasteiger partial charge in [0.15, 0.2) is 5.16 Å². The van der Waals surface area contributed by atoms with E-state index in [0.29, 0.717) is 5.16 Å². The van der Waals surface area contributed by atoms with Gasteiger partial charge in [-0.2, -0.15) is 18.3 Å². The smallest absolute Gasteiger partial charge is 0.320 e. The van der Waals surface area contributed by atoms with Crippen LogP contribution in [0.25, 0.3) is 5.69 Å². The highest BCUT2D eigenvalue weighted by atomic mass is 32.2. The molecule has 2 heterocycles. The van der Waals surface area contributed by atoms with E-state index in [1.165, 1.54) is 41.6 Å². The van der Waals surface area contributed by atoms with Crippen molar-refractivity contribution in [2.24, 2.45) is 7.05 Å². The van der Waals surface area contributed by atoms with Crippen molar-refractivity contribution in [2.75, 3.05) is 5.32 Å². The molecule has 10 nitrogen and oxygen atoms in total. The number of nitro benzene ring substituents is 1. The normalized spacial score (nSPS) is 11.4. The molecule has 0 fully saturated rings. The molecule has 0 unspecified atom stereocenters. The summed E-state index contributed by atoms with van der Waals surface area (Å²) < 4.78 is 42.6. The molecule has 1 amide bonds. The number of aromatic nitrogens is 5. The molecule has 0 atom stereocenters. The first-order valence-corrected chi connectivity index (χ1v) is 10.3. The lowest BCUT2D eigenvalue weighted by molar-refractivity contribution is -0.387. The van der Waals surface area contributed by atoms with Crippen molar-refractivity contribution < 1.29 is 22.9 Å². The Morgan fingerprint density at radius 2 is 2.00 bits per heavy atom. The summed E-state index contributed by atoms with van der Waals surface area (Å²) in [6, 6.07) is 8.15. The minimum absolute atomic E-state index is 0.113. The number of carbonyl (C=O) groups excluding carboxylic acids is 1. The molecular weight excluding hydrogens is 475 g/mol.